The number of rotatable bonds is 4. The monoisotopic (exact) mass is 457 g/mol. The van der Waals surface area contributed by atoms with Crippen LogP contribution < -0.4 is 15.8 Å². The standard InChI is InChI=1S/C21H24FN7O2S/c1-21(2)20(23)29-16(11-32(21,30)24-3)13-9-12(5-6-14(13)22)27-19-18-15(7-8-25-19)28-17(31-4)10-26-18/h5-10,16H,11H2,1-4H3,(H2,23,29)(H,25,27). The number of halogens is 1. The van der Waals surface area contributed by atoms with Gasteiger partial charge in [-0.2, -0.15) is 0 Å². The maximum Gasteiger partial charge on any atom is 0.232 e. The highest BCUT2D eigenvalue weighted by Crippen LogP contribution is 2.35. The largest absolute Gasteiger partial charge is 0.480 e. The van der Waals surface area contributed by atoms with Gasteiger partial charge in [-0.15, -0.1) is 0 Å². The number of amidine groups is 1. The van der Waals surface area contributed by atoms with E-state index in [9.17, 15) is 8.60 Å². The van der Waals surface area contributed by atoms with Crippen LogP contribution in [0.3, 0.4) is 0 Å². The predicted octanol–water partition coefficient (Wildman–Crippen LogP) is 3.20. The van der Waals surface area contributed by atoms with Gasteiger partial charge < -0.3 is 15.8 Å². The Labute approximate surface area is 185 Å². The van der Waals surface area contributed by atoms with E-state index >= 15 is 0 Å². The highest BCUT2D eigenvalue weighted by Gasteiger charge is 2.42. The second-order valence-corrected chi connectivity index (χ2v) is 10.8. The minimum absolute atomic E-state index is 0.0787. The number of methoxy groups -OCH3 is 1. The van der Waals surface area contributed by atoms with E-state index in [0.29, 0.717) is 28.4 Å². The third-order valence-electron chi connectivity index (χ3n) is 5.65. The molecule has 168 valence electrons. The van der Waals surface area contributed by atoms with Gasteiger partial charge in [0.25, 0.3) is 0 Å². The Balaban J connectivity index is 1.73. The van der Waals surface area contributed by atoms with Crippen molar-refractivity contribution in [3.8, 4) is 5.88 Å². The Morgan fingerprint density at radius 3 is 2.81 bits per heavy atom. The van der Waals surface area contributed by atoms with Crippen LogP contribution in [-0.2, 0) is 9.73 Å². The lowest BCUT2D eigenvalue weighted by Crippen LogP contribution is -2.50. The van der Waals surface area contributed by atoms with Crippen LogP contribution in [0.1, 0.15) is 25.5 Å². The summed E-state index contributed by atoms with van der Waals surface area (Å²) >= 11 is 0. The normalized spacial score (nSPS) is 22.3. The molecule has 0 fully saturated rings. The van der Waals surface area contributed by atoms with Gasteiger partial charge >= 0.3 is 0 Å². The van der Waals surface area contributed by atoms with E-state index in [4.69, 9.17) is 10.5 Å². The first-order valence-corrected chi connectivity index (χ1v) is 11.6. The molecule has 0 spiro atoms. The number of anilines is 2. The molecule has 0 radical (unpaired) electrons. The zero-order valence-electron chi connectivity index (χ0n) is 18.2. The van der Waals surface area contributed by atoms with Crippen molar-refractivity contribution in [2.45, 2.75) is 24.6 Å². The van der Waals surface area contributed by atoms with Crippen LogP contribution in [0.25, 0.3) is 11.0 Å². The number of hydrogen-bond donors (Lipinski definition) is 2. The summed E-state index contributed by atoms with van der Waals surface area (Å²) in [6.45, 7) is 3.49. The van der Waals surface area contributed by atoms with E-state index in [2.05, 4.69) is 29.6 Å². The van der Waals surface area contributed by atoms with E-state index in [0.717, 1.165) is 0 Å². The topological polar surface area (TPSA) is 128 Å². The van der Waals surface area contributed by atoms with Crippen molar-refractivity contribution in [3.63, 3.8) is 0 Å². The molecule has 1 aliphatic heterocycles. The molecular weight excluding hydrogens is 433 g/mol. The Bertz CT molecular complexity index is 1350. The van der Waals surface area contributed by atoms with Gasteiger partial charge in [0.15, 0.2) is 5.82 Å². The number of aliphatic imine (C=N–C) groups is 1. The maximum atomic E-state index is 14.8. The number of nitrogens with two attached hydrogens (primary N) is 1. The van der Waals surface area contributed by atoms with Crippen LogP contribution in [0.4, 0.5) is 15.9 Å². The first-order chi connectivity index (χ1) is 15.2. The van der Waals surface area contributed by atoms with Gasteiger partial charge in [0.05, 0.1) is 40.3 Å². The lowest BCUT2D eigenvalue weighted by molar-refractivity contribution is 0.397. The molecule has 2 unspecified atom stereocenters. The number of hydrogen-bond acceptors (Lipinski definition) is 9. The number of ether oxygens (including phenoxy) is 1. The van der Waals surface area contributed by atoms with Gasteiger partial charge in [0.2, 0.25) is 5.88 Å². The molecule has 11 heteroatoms. The molecule has 1 aliphatic rings. The molecule has 0 saturated carbocycles. The second kappa shape index (κ2) is 7.97. The van der Waals surface area contributed by atoms with Gasteiger partial charge in [-0.05, 0) is 38.1 Å². The Hall–Kier alpha value is -3.34. The van der Waals surface area contributed by atoms with Crippen LogP contribution in [-0.4, -0.2) is 49.7 Å². The molecule has 0 aliphatic carbocycles. The van der Waals surface area contributed by atoms with Gasteiger partial charge in [-0.3, -0.25) is 4.99 Å². The minimum Gasteiger partial charge on any atom is -0.480 e. The molecule has 2 atom stereocenters. The third-order valence-corrected chi connectivity index (χ3v) is 8.81. The van der Waals surface area contributed by atoms with Gasteiger partial charge in [0.1, 0.15) is 21.9 Å². The molecule has 0 bridgehead atoms. The zero-order chi connectivity index (χ0) is 23.1. The van der Waals surface area contributed by atoms with Crippen LogP contribution >= 0.6 is 0 Å². The summed E-state index contributed by atoms with van der Waals surface area (Å²) in [6, 6.07) is 5.52. The van der Waals surface area contributed by atoms with E-state index in [1.165, 1.54) is 26.4 Å². The fraction of sp³-hybridized carbons (Fsp3) is 0.333. The van der Waals surface area contributed by atoms with Crippen molar-refractivity contribution in [2.24, 2.45) is 15.1 Å². The summed E-state index contributed by atoms with van der Waals surface area (Å²) in [7, 11) is 0.275. The van der Waals surface area contributed by atoms with E-state index < -0.39 is 26.3 Å². The van der Waals surface area contributed by atoms with E-state index in [1.807, 2.05) is 0 Å². The number of nitrogens with zero attached hydrogens (tertiary/aromatic N) is 5. The van der Waals surface area contributed by atoms with Crippen molar-refractivity contribution < 1.29 is 13.3 Å². The molecule has 1 aromatic carbocycles. The fourth-order valence-electron chi connectivity index (χ4n) is 3.54. The number of nitrogens with one attached hydrogen (secondary N) is 1. The third kappa shape index (κ3) is 3.62. The van der Waals surface area contributed by atoms with Gasteiger partial charge in [-0.25, -0.2) is 27.9 Å². The number of aromatic nitrogens is 3. The number of pyridine rings is 1. The van der Waals surface area contributed by atoms with Gasteiger partial charge in [0, 0.05) is 24.5 Å². The summed E-state index contributed by atoms with van der Waals surface area (Å²) in [5.74, 6) is 0.650. The molecule has 3 aromatic rings. The van der Waals surface area contributed by atoms with E-state index in [-0.39, 0.29) is 17.2 Å². The molecule has 3 heterocycles. The minimum atomic E-state index is -2.74. The van der Waals surface area contributed by atoms with Crippen molar-refractivity contribution in [1.29, 1.82) is 0 Å². The molecule has 3 N–H and O–H groups in total. The summed E-state index contributed by atoms with van der Waals surface area (Å²) in [6.07, 6.45) is 3.09. The van der Waals surface area contributed by atoms with Crippen molar-refractivity contribution in [2.75, 3.05) is 25.2 Å². The van der Waals surface area contributed by atoms with Crippen LogP contribution in [0.5, 0.6) is 5.88 Å². The maximum absolute atomic E-state index is 14.8. The average molecular weight is 458 g/mol. The molecule has 4 rings (SSSR count). The highest BCUT2D eigenvalue weighted by atomic mass is 32.2. The number of fused-ring (bicyclic) bond motifs is 1. The fourth-order valence-corrected chi connectivity index (χ4v) is 5.62. The number of benzene rings is 1. The quantitative estimate of drug-likeness (QED) is 0.616. The van der Waals surface area contributed by atoms with E-state index in [1.54, 1.807) is 38.2 Å². The summed E-state index contributed by atoms with van der Waals surface area (Å²) in [5.41, 5.74) is 8.10. The highest BCUT2D eigenvalue weighted by molar-refractivity contribution is 7.95. The summed E-state index contributed by atoms with van der Waals surface area (Å²) in [4.78, 5) is 17.5. The first-order valence-electron chi connectivity index (χ1n) is 9.87. The zero-order valence-corrected chi connectivity index (χ0v) is 19.0. The Kier molecular flexibility index (Phi) is 5.45. The SMILES string of the molecule is CN=S1(=O)CC(c2cc(Nc3nccc4nc(OC)cnc34)ccc2F)N=C(N)C1(C)C. The van der Waals surface area contributed by atoms with Crippen molar-refractivity contribution >= 4 is 38.1 Å². The molecule has 0 amide bonds. The molecular formula is C21H24FN7O2S. The lowest BCUT2D eigenvalue weighted by Gasteiger charge is -2.35. The summed E-state index contributed by atoms with van der Waals surface area (Å²) < 4.78 is 36.5. The summed E-state index contributed by atoms with van der Waals surface area (Å²) in [5, 5.41) is 3.16. The lowest BCUT2D eigenvalue weighted by atomic mass is 10.1. The molecule has 0 saturated heterocycles. The average Bonchev–Trinajstić information content (AvgIpc) is 2.78. The molecule has 9 nitrogen and oxygen atoms in total. The van der Waals surface area contributed by atoms with Crippen LogP contribution in [0.2, 0.25) is 0 Å². The first kappa shape index (κ1) is 21.9. The Morgan fingerprint density at radius 2 is 2.09 bits per heavy atom. The molecule has 32 heavy (non-hydrogen) atoms. The van der Waals surface area contributed by atoms with Crippen LogP contribution in [0.15, 0.2) is 46.0 Å². The second-order valence-electron chi connectivity index (χ2n) is 7.83. The molecule has 2 aromatic heterocycles. The van der Waals surface area contributed by atoms with Gasteiger partial charge in [-0.1, -0.05) is 0 Å². The predicted molar refractivity (Wildman–Crippen MR) is 123 cm³/mol. The van der Waals surface area contributed by atoms with Crippen molar-refractivity contribution in [1.82, 2.24) is 15.0 Å². The Morgan fingerprint density at radius 1 is 1.31 bits per heavy atom. The van der Waals surface area contributed by atoms with Crippen LogP contribution in [0, 0.1) is 5.82 Å². The smallest absolute Gasteiger partial charge is 0.232 e. The van der Waals surface area contributed by atoms with Crippen molar-refractivity contribution in [3.05, 3.63) is 48.0 Å².